The molecule has 1 unspecified atom stereocenters. The van der Waals surface area contributed by atoms with Gasteiger partial charge in [0.05, 0.1) is 11.7 Å². The van der Waals surface area contributed by atoms with Crippen LogP contribution in [0.1, 0.15) is 27.7 Å². The molecule has 0 fully saturated rings. The second-order valence-electron chi connectivity index (χ2n) is 5.14. The van der Waals surface area contributed by atoms with Gasteiger partial charge in [0.2, 0.25) is 0 Å². The molecule has 112 valence electrons. The van der Waals surface area contributed by atoms with Crippen LogP contribution in [-0.2, 0) is 12.2 Å². The van der Waals surface area contributed by atoms with Crippen molar-refractivity contribution < 1.29 is 9.90 Å². The van der Waals surface area contributed by atoms with E-state index in [1.165, 1.54) is 10.4 Å². The standard InChI is InChI=1S/C15H18N2O2S2/c1-10(18)8-16-14(19)13-11-4-7-20-9-12(11)21-15(13)17-5-2-3-6-17/h2-3,5-6,10,18H,4,7-9H2,1H3,(H,16,19). The topological polar surface area (TPSA) is 54.3 Å². The van der Waals surface area contributed by atoms with Crippen LogP contribution in [0.3, 0.4) is 0 Å². The fourth-order valence-corrected chi connectivity index (χ4v) is 4.88. The molecule has 0 bridgehead atoms. The molecule has 2 N–H and O–H groups in total. The molecule has 1 aliphatic rings. The van der Waals surface area contributed by atoms with Crippen molar-refractivity contribution in [1.82, 2.24) is 9.88 Å². The van der Waals surface area contributed by atoms with Gasteiger partial charge in [-0.25, -0.2) is 0 Å². The lowest BCUT2D eigenvalue weighted by atomic mass is 10.1. The van der Waals surface area contributed by atoms with Gasteiger partial charge in [-0.05, 0) is 36.8 Å². The summed E-state index contributed by atoms with van der Waals surface area (Å²) in [6, 6.07) is 3.93. The van der Waals surface area contributed by atoms with Crippen LogP contribution in [0.15, 0.2) is 24.5 Å². The van der Waals surface area contributed by atoms with Gasteiger partial charge in [-0.2, -0.15) is 11.8 Å². The number of hydrogen-bond donors (Lipinski definition) is 2. The van der Waals surface area contributed by atoms with Gasteiger partial charge < -0.3 is 15.0 Å². The molecule has 0 saturated heterocycles. The summed E-state index contributed by atoms with van der Waals surface area (Å²) in [5.74, 6) is 1.97. The van der Waals surface area contributed by atoms with E-state index in [9.17, 15) is 9.90 Å². The van der Waals surface area contributed by atoms with Crippen molar-refractivity contribution in [3.63, 3.8) is 0 Å². The number of aliphatic hydroxyl groups excluding tert-OH is 1. The van der Waals surface area contributed by atoms with Crippen molar-refractivity contribution >= 4 is 29.0 Å². The Labute approximate surface area is 132 Å². The lowest BCUT2D eigenvalue weighted by molar-refractivity contribution is 0.0923. The van der Waals surface area contributed by atoms with Crippen molar-refractivity contribution in [1.29, 1.82) is 0 Å². The summed E-state index contributed by atoms with van der Waals surface area (Å²) in [6.07, 6.45) is 4.34. The maximum Gasteiger partial charge on any atom is 0.254 e. The number of carbonyl (C=O) groups excluding carboxylic acids is 1. The van der Waals surface area contributed by atoms with Gasteiger partial charge in [-0.1, -0.05) is 0 Å². The molecule has 6 heteroatoms. The Morgan fingerprint density at radius 2 is 2.24 bits per heavy atom. The minimum Gasteiger partial charge on any atom is -0.392 e. The van der Waals surface area contributed by atoms with Crippen LogP contribution in [0.4, 0.5) is 0 Å². The minimum absolute atomic E-state index is 0.0796. The molecular weight excluding hydrogens is 304 g/mol. The molecule has 3 heterocycles. The smallest absolute Gasteiger partial charge is 0.254 e. The van der Waals surface area contributed by atoms with Crippen molar-refractivity contribution in [2.45, 2.75) is 25.2 Å². The third kappa shape index (κ3) is 3.02. The molecule has 0 radical (unpaired) electrons. The van der Waals surface area contributed by atoms with Gasteiger partial charge in [0.25, 0.3) is 5.91 Å². The van der Waals surface area contributed by atoms with E-state index in [1.807, 2.05) is 40.9 Å². The lowest BCUT2D eigenvalue weighted by Gasteiger charge is -2.13. The van der Waals surface area contributed by atoms with Gasteiger partial charge in [0.1, 0.15) is 5.00 Å². The van der Waals surface area contributed by atoms with E-state index in [2.05, 4.69) is 5.32 Å². The SMILES string of the molecule is CC(O)CNC(=O)c1c(-n2cccc2)sc2c1CCSC2. The zero-order valence-electron chi connectivity index (χ0n) is 11.8. The number of carbonyl (C=O) groups is 1. The van der Waals surface area contributed by atoms with Crippen LogP contribution < -0.4 is 5.32 Å². The average molecular weight is 322 g/mol. The van der Waals surface area contributed by atoms with Crippen LogP contribution in [0.25, 0.3) is 5.00 Å². The van der Waals surface area contributed by atoms with Gasteiger partial charge in [0, 0.05) is 29.6 Å². The molecule has 3 rings (SSSR count). The highest BCUT2D eigenvalue weighted by atomic mass is 32.2. The monoisotopic (exact) mass is 322 g/mol. The van der Waals surface area contributed by atoms with Crippen molar-refractivity contribution in [3.05, 3.63) is 40.5 Å². The largest absolute Gasteiger partial charge is 0.392 e. The highest BCUT2D eigenvalue weighted by Crippen LogP contribution is 2.38. The van der Waals surface area contributed by atoms with Crippen LogP contribution in [0.5, 0.6) is 0 Å². The predicted octanol–water partition coefficient (Wildman–Crippen LogP) is 2.44. The first kappa shape index (κ1) is 14.7. The van der Waals surface area contributed by atoms with E-state index >= 15 is 0 Å². The second kappa shape index (κ2) is 6.25. The fourth-order valence-electron chi connectivity index (χ4n) is 2.43. The molecule has 2 aromatic heterocycles. The van der Waals surface area contributed by atoms with E-state index in [0.717, 1.165) is 28.5 Å². The Morgan fingerprint density at radius 3 is 2.95 bits per heavy atom. The average Bonchev–Trinajstić information content (AvgIpc) is 3.11. The summed E-state index contributed by atoms with van der Waals surface area (Å²) in [4.78, 5) is 13.9. The highest BCUT2D eigenvalue weighted by Gasteiger charge is 2.26. The molecule has 0 aliphatic carbocycles. The van der Waals surface area contributed by atoms with Gasteiger partial charge in [-0.3, -0.25) is 4.79 Å². The van der Waals surface area contributed by atoms with Gasteiger partial charge >= 0.3 is 0 Å². The van der Waals surface area contributed by atoms with E-state index < -0.39 is 6.10 Å². The normalized spacial score (nSPS) is 15.5. The molecule has 21 heavy (non-hydrogen) atoms. The summed E-state index contributed by atoms with van der Waals surface area (Å²) in [6.45, 7) is 1.95. The third-order valence-corrected chi connectivity index (χ3v) is 5.84. The number of amides is 1. The maximum absolute atomic E-state index is 12.6. The number of thioether (sulfide) groups is 1. The van der Waals surface area contributed by atoms with E-state index in [0.29, 0.717) is 0 Å². The van der Waals surface area contributed by atoms with Gasteiger partial charge in [0.15, 0.2) is 0 Å². The molecule has 0 saturated carbocycles. The number of rotatable bonds is 4. The van der Waals surface area contributed by atoms with E-state index in [1.54, 1.807) is 18.3 Å². The minimum atomic E-state index is -0.533. The van der Waals surface area contributed by atoms with Gasteiger partial charge in [-0.15, -0.1) is 11.3 Å². The number of hydrogen-bond acceptors (Lipinski definition) is 4. The lowest BCUT2D eigenvalue weighted by Crippen LogP contribution is -2.31. The molecule has 1 atom stereocenters. The molecule has 1 amide bonds. The third-order valence-electron chi connectivity index (χ3n) is 3.43. The number of nitrogens with zero attached hydrogens (tertiary/aromatic N) is 1. The van der Waals surface area contributed by atoms with Crippen molar-refractivity contribution in [3.8, 4) is 5.00 Å². The Hall–Kier alpha value is -1.24. The number of aliphatic hydroxyl groups is 1. The van der Waals surface area contributed by atoms with Crippen LogP contribution in [0, 0.1) is 0 Å². The summed E-state index contributed by atoms with van der Waals surface area (Å²) < 4.78 is 2.00. The molecule has 0 spiro atoms. The maximum atomic E-state index is 12.6. The summed E-state index contributed by atoms with van der Waals surface area (Å²) in [5.41, 5.74) is 1.97. The number of aromatic nitrogens is 1. The highest BCUT2D eigenvalue weighted by molar-refractivity contribution is 7.98. The number of nitrogens with one attached hydrogen (secondary N) is 1. The molecule has 0 aromatic carbocycles. The first-order valence-electron chi connectivity index (χ1n) is 6.98. The molecule has 2 aromatic rings. The molecular formula is C15H18N2O2S2. The summed E-state index contributed by atoms with van der Waals surface area (Å²) in [7, 11) is 0. The fraction of sp³-hybridized carbons (Fsp3) is 0.400. The second-order valence-corrected chi connectivity index (χ2v) is 7.32. The quantitative estimate of drug-likeness (QED) is 0.909. The Morgan fingerprint density at radius 1 is 1.48 bits per heavy atom. The molecule has 4 nitrogen and oxygen atoms in total. The van der Waals surface area contributed by atoms with Crippen LogP contribution in [0.2, 0.25) is 0 Å². The van der Waals surface area contributed by atoms with Crippen LogP contribution in [-0.4, -0.2) is 34.0 Å². The Bertz CT molecular complexity index is 632. The Balaban J connectivity index is 2.00. The van der Waals surface area contributed by atoms with Crippen molar-refractivity contribution in [2.75, 3.05) is 12.3 Å². The van der Waals surface area contributed by atoms with E-state index in [-0.39, 0.29) is 12.5 Å². The zero-order valence-corrected chi connectivity index (χ0v) is 13.5. The Kier molecular flexibility index (Phi) is 4.37. The summed E-state index contributed by atoms with van der Waals surface area (Å²) in [5, 5.41) is 13.2. The summed E-state index contributed by atoms with van der Waals surface area (Å²) >= 11 is 3.62. The van der Waals surface area contributed by atoms with Crippen molar-refractivity contribution in [2.24, 2.45) is 0 Å². The molecule has 1 aliphatic heterocycles. The number of thiophene rings is 1. The first-order valence-corrected chi connectivity index (χ1v) is 8.96. The zero-order chi connectivity index (χ0) is 14.8. The van der Waals surface area contributed by atoms with E-state index in [4.69, 9.17) is 0 Å². The van der Waals surface area contributed by atoms with Crippen LogP contribution >= 0.6 is 23.1 Å². The first-order chi connectivity index (χ1) is 10.2. The predicted molar refractivity (Wildman–Crippen MR) is 87.5 cm³/mol. The number of fused-ring (bicyclic) bond motifs is 1.